The van der Waals surface area contributed by atoms with Crippen LogP contribution >= 0.6 is 0 Å². The highest BCUT2D eigenvalue weighted by Gasteiger charge is 2.28. The average molecular weight is 437 g/mol. The summed E-state index contributed by atoms with van der Waals surface area (Å²) in [6.45, 7) is 3.88. The van der Waals surface area contributed by atoms with Gasteiger partial charge in [0.15, 0.2) is 11.6 Å². The Bertz CT molecular complexity index is 903. The number of halogens is 2. The Morgan fingerprint density at radius 1 is 0.781 bits per heavy atom. The van der Waals surface area contributed by atoms with E-state index in [0.29, 0.717) is 17.0 Å². The van der Waals surface area contributed by atoms with Gasteiger partial charge in [-0.15, -0.1) is 0 Å². The van der Waals surface area contributed by atoms with Gasteiger partial charge in [-0.25, -0.2) is 8.78 Å². The number of unbranched alkanes of at least 4 members (excludes halogenated alkanes) is 2. The Morgan fingerprint density at radius 3 is 2.19 bits per heavy atom. The zero-order chi connectivity index (χ0) is 22.5. The molecule has 2 aromatic carbocycles. The largest absolute Gasteiger partial charge is 0.203 e. The topological polar surface area (TPSA) is 0 Å². The number of aryl methyl sites for hydroxylation is 1. The highest BCUT2D eigenvalue weighted by Crippen LogP contribution is 2.41. The van der Waals surface area contributed by atoms with Crippen LogP contribution in [0.4, 0.5) is 8.78 Å². The van der Waals surface area contributed by atoms with Crippen LogP contribution in [0.5, 0.6) is 0 Å². The average Bonchev–Trinajstić information content (AvgIpc) is 2.84. The molecule has 2 unspecified atom stereocenters. The summed E-state index contributed by atoms with van der Waals surface area (Å²) < 4.78 is 28.3. The highest BCUT2D eigenvalue weighted by atomic mass is 19.2. The molecule has 0 bridgehead atoms. The molecule has 32 heavy (non-hydrogen) atoms. The molecule has 2 aliphatic rings. The molecular formula is C30H38F2. The molecule has 0 aliphatic heterocycles. The molecule has 0 saturated heterocycles. The van der Waals surface area contributed by atoms with Crippen molar-refractivity contribution in [3.05, 3.63) is 71.3 Å². The summed E-state index contributed by atoms with van der Waals surface area (Å²) >= 11 is 0. The Labute approximate surface area is 193 Å². The second kappa shape index (κ2) is 10.8. The van der Waals surface area contributed by atoms with Crippen LogP contribution in [0.15, 0.2) is 48.6 Å². The Kier molecular flexibility index (Phi) is 7.81. The van der Waals surface area contributed by atoms with Crippen molar-refractivity contribution in [1.29, 1.82) is 0 Å². The first kappa shape index (κ1) is 23.2. The Hall–Kier alpha value is -1.96. The van der Waals surface area contributed by atoms with Crippen molar-refractivity contribution < 1.29 is 8.78 Å². The van der Waals surface area contributed by atoms with Crippen molar-refractivity contribution in [2.45, 2.75) is 84.0 Å². The third-order valence-corrected chi connectivity index (χ3v) is 8.04. The fraction of sp³-hybridized carbons (Fsp3) is 0.533. The fourth-order valence-corrected chi connectivity index (χ4v) is 5.88. The number of allylic oxidation sites excluding steroid dienone is 2. The van der Waals surface area contributed by atoms with Gasteiger partial charge in [0.05, 0.1) is 0 Å². The van der Waals surface area contributed by atoms with E-state index in [4.69, 9.17) is 0 Å². The predicted molar refractivity (Wildman–Crippen MR) is 131 cm³/mol. The van der Waals surface area contributed by atoms with Crippen molar-refractivity contribution in [1.82, 2.24) is 0 Å². The van der Waals surface area contributed by atoms with Crippen molar-refractivity contribution >= 4 is 0 Å². The van der Waals surface area contributed by atoms with Crippen LogP contribution < -0.4 is 0 Å². The summed E-state index contributed by atoms with van der Waals surface area (Å²) in [7, 11) is 0. The van der Waals surface area contributed by atoms with E-state index < -0.39 is 11.6 Å². The minimum absolute atomic E-state index is 0.337. The molecule has 4 rings (SSSR count). The van der Waals surface area contributed by atoms with Crippen LogP contribution in [0, 0.1) is 36.3 Å². The monoisotopic (exact) mass is 436 g/mol. The molecule has 0 amide bonds. The zero-order valence-electron chi connectivity index (χ0n) is 19.8. The lowest BCUT2D eigenvalue weighted by molar-refractivity contribution is 0.207. The van der Waals surface area contributed by atoms with Crippen molar-refractivity contribution in [2.24, 2.45) is 17.8 Å². The third-order valence-electron chi connectivity index (χ3n) is 8.04. The summed E-state index contributed by atoms with van der Waals surface area (Å²) in [6, 6.07) is 11.4. The van der Waals surface area contributed by atoms with Crippen LogP contribution in [0.1, 0.15) is 88.2 Å². The first-order chi connectivity index (χ1) is 15.6. The van der Waals surface area contributed by atoms with E-state index in [1.54, 1.807) is 19.1 Å². The highest BCUT2D eigenvalue weighted by molar-refractivity contribution is 5.65. The third kappa shape index (κ3) is 5.33. The van der Waals surface area contributed by atoms with Gasteiger partial charge >= 0.3 is 0 Å². The minimum atomic E-state index is -0.752. The number of hydrogen-bond donors (Lipinski definition) is 0. The second-order valence-electron chi connectivity index (χ2n) is 10.2. The maximum absolute atomic E-state index is 14.3. The fourth-order valence-electron chi connectivity index (χ4n) is 5.88. The van der Waals surface area contributed by atoms with Crippen LogP contribution in [0.2, 0.25) is 0 Å². The second-order valence-corrected chi connectivity index (χ2v) is 10.2. The number of rotatable bonds is 7. The van der Waals surface area contributed by atoms with Gasteiger partial charge in [0.25, 0.3) is 0 Å². The van der Waals surface area contributed by atoms with Crippen molar-refractivity contribution in [2.75, 3.05) is 0 Å². The van der Waals surface area contributed by atoms with Gasteiger partial charge in [0, 0.05) is 11.5 Å². The molecule has 0 N–H and O–H groups in total. The summed E-state index contributed by atoms with van der Waals surface area (Å²) in [5, 5.41) is 0. The van der Waals surface area contributed by atoms with Crippen LogP contribution in [-0.4, -0.2) is 0 Å². The van der Waals surface area contributed by atoms with Crippen molar-refractivity contribution in [3.8, 4) is 11.1 Å². The van der Waals surface area contributed by atoms with E-state index in [1.807, 2.05) is 12.1 Å². The van der Waals surface area contributed by atoms with Gasteiger partial charge in [0.2, 0.25) is 0 Å². The molecule has 0 spiro atoms. The molecule has 0 radical (unpaired) electrons. The molecule has 0 heterocycles. The molecule has 172 valence electrons. The molecule has 2 aromatic rings. The molecular weight excluding hydrogens is 398 g/mol. The van der Waals surface area contributed by atoms with E-state index in [-0.39, 0.29) is 0 Å². The summed E-state index contributed by atoms with van der Waals surface area (Å²) in [5.74, 6) is 1.53. The van der Waals surface area contributed by atoms with Crippen LogP contribution in [0.3, 0.4) is 0 Å². The lowest BCUT2D eigenvalue weighted by Gasteiger charge is -2.35. The summed E-state index contributed by atoms with van der Waals surface area (Å²) in [5.41, 5.74) is 2.69. The molecule has 2 heteroatoms. The zero-order valence-corrected chi connectivity index (χ0v) is 19.8. The van der Waals surface area contributed by atoms with E-state index >= 15 is 0 Å². The normalized spacial score (nSPS) is 25.8. The summed E-state index contributed by atoms with van der Waals surface area (Å²) in [6.07, 6.45) is 18.6. The van der Waals surface area contributed by atoms with Gasteiger partial charge in [0.1, 0.15) is 0 Å². The van der Waals surface area contributed by atoms with Gasteiger partial charge < -0.3 is 0 Å². The summed E-state index contributed by atoms with van der Waals surface area (Å²) in [4.78, 5) is 0. The van der Waals surface area contributed by atoms with Crippen LogP contribution in [-0.2, 0) is 0 Å². The first-order valence-corrected chi connectivity index (χ1v) is 12.8. The molecule has 0 nitrogen and oxygen atoms in total. The number of benzene rings is 2. The van der Waals surface area contributed by atoms with Crippen LogP contribution in [0.25, 0.3) is 11.1 Å². The molecule has 2 atom stereocenters. The van der Waals surface area contributed by atoms with Gasteiger partial charge in [-0.05, 0) is 67.1 Å². The predicted octanol–water partition coefficient (Wildman–Crippen LogP) is 9.38. The molecule has 0 aromatic heterocycles. The van der Waals surface area contributed by atoms with E-state index in [9.17, 15) is 8.78 Å². The lowest BCUT2D eigenvalue weighted by Crippen LogP contribution is -2.23. The van der Waals surface area contributed by atoms with Gasteiger partial charge in [-0.3, -0.25) is 0 Å². The maximum atomic E-state index is 14.3. The molecule has 2 aliphatic carbocycles. The smallest absolute Gasteiger partial charge is 0.166 e. The SMILES string of the molecule is CCCCCC1CCC(C2C=CC(c3ccc(-c4ccc(C)c(F)c4F)cc3)CC2)CC1. The molecule has 1 saturated carbocycles. The van der Waals surface area contributed by atoms with E-state index in [0.717, 1.165) is 23.3 Å². The van der Waals surface area contributed by atoms with Gasteiger partial charge in [-0.1, -0.05) is 94.0 Å². The van der Waals surface area contributed by atoms with Crippen molar-refractivity contribution in [3.63, 3.8) is 0 Å². The number of hydrogen-bond acceptors (Lipinski definition) is 0. The van der Waals surface area contributed by atoms with Gasteiger partial charge in [-0.2, -0.15) is 0 Å². The van der Waals surface area contributed by atoms with E-state index in [2.05, 4.69) is 31.2 Å². The first-order valence-electron chi connectivity index (χ1n) is 12.8. The molecule has 1 fully saturated rings. The lowest BCUT2D eigenvalue weighted by atomic mass is 9.70. The van der Waals surface area contributed by atoms with E-state index in [1.165, 1.54) is 69.8 Å². The Morgan fingerprint density at radius 2 is 1.53 bits per heavy atom. The maximum Gasteiger partial charge on any atom is 0.166 e. The Balaban J connectivity index is 1.33. The standard InChI is InChI=1S/C30H38F2/c1-3-4-5-6-22-8-10-23(11-9-22)24-12-14-25(15-13-24)26-16-18-27(19-17-26)28-20-7-21(2)29(31)30(28)32/h7,12,14,16-20,22-25H,3-6,8-11,13,15H2,1-2H3. The quantitative estimate of drug-likeness (QED) is 0.299. The minimum Gasteiger partial charge on any atom is -0.203 e.